The molecule has 5 nitrogen and oxygen atoms in total. The van der Waals surface area contributed by atoms with E-state index in [1.807, 2.05) is 26.2 Å². The zero-order valence-corrected chi connectivity index (χ0v) is 23.9. The minimum atomic E-state index is -1.13. The molecule has 1 aromatic heterocycles. The maximum Gasteiger partial charge on any atom is 0.141 e. The lowest BCUT2D eigenvalue weighted by atomic mass is 9.96. The summed E-state index contributed by atoms with van der Waals surface area (Å²) in [5, 5.41) is 3.56. The second kappa shape index (κ2) is 16.3. The highest BCUT2D eigenvalue weighted by Crippen LogP contribution is 2.32. The van der Waals surface area contributed by atoms with Crippen molar-refractivity contribution in [2.24, 2.45) is 5.73 Å². The molecule has 3 N–H and O–H groups in total. The zero-order valence-electron chi connectivity index (χ0n) is 23.9. The summed E-state index contributed by atoms with van der Waals surface area (Å²) in [7, 11) is 6.14. The van der Waals surface area contributed by atoms with Gasteiger partial charge in [0.1, 0.15) is 18.3 Å². The number of rotatable bonds is 15. The Kier molecular flexibility index (Phi) is 13.2. The van der Waals surface area contributed by atoms with Crippen LogP contribution in [-0.4, -0.2) is 50.8 Å². The summed E-state index contributed by atoms with van der Waals surface area (Å²) in [6, 6.07) is 10.1. The smallest absolute Gasteiger partial charge is 0.141 e. The number of alkyl halides is 1. The molecule has 1 atom stereocenters. The van der Waals surface area contributed by atoms with E-state index in [2.05, 4.69) is 77.9 Å². The largest absolute Gasteiger partial charge is 0.404 e. The monoisotopic (exact) mass is 535 g/mol. The average molecular weight is 536 g/mol. The molecule has 2 rings (SSSR count). The number of likely N-dealkylation sites (N-methyl/N-ethyl adjacent to an activating group) is 1. The highest BCUT2D eigenvalue weighted by molar-refractivity contribution is 5.71. The van der Waals surface area contributed by atoms with Gasteiger partial charge in [0, 0.05) is 38.9 Å². The molecule has 0 aliphatic carbocycles. The van der Waals surface area contributed by atoms with E-state index in [4.69, 9.17) is 5.73 Å². The van der Waals surface area contributed by atoms with Crippen molar-refractivity contribution in [3.8, 4) is 0 Å². The molecule has 39 heavy (non-hydrogen) atoms. The summed E-state index contributed by atoms with van der Waals surface area (Å²) >= 11 is 0. The Bertz CT molecular complexity index is 1200. The summed E-state index contributed by atoms with van der Waals surface area (Å²) in [4.78, 5) is 8.91. The van der Waals surface area contributed by atoms with Gasteiger partial charge in [-0.05, 0) is 85.2 Å². The molecule has 0 bridgehead atoms. The van der Waals surface area contributed by atoms with Crippen molar-refractivity contribution in [1.29, 1.82) is 0 Å². The van der Waals surface area contributed by atoms with Crippen molar-refractivity contribution in [2.45, 2.75) is 32.7 Å². The summed E-state index contributed by atoms with van der Waals surface area (Å²) < 4.78 is 25.8. The van der Waals surface area contributed by atoms with Crippen molar-refractivity contribution in [3.63, 3.8) is 0 Å². The molecule has 0 saturated carbocycles. The molecule has 1 unspecified atom stereocenters. The van der Waals surface area contributed by atoms with E-state index in [-0.39, 0.29) is 6.04 Å². The van der Waals surface area contributed by atoms with Crippen LogP contribution in [0.5, 0.6) is 0 Å². The van der Waals surface area contributed by atoms with Crippen LogP contribution in [0.1, 0.15) is 43.0 Å². The number of pyridine rings is 1. The molecule has 0 fully saturated rings. The van der Waals surface area contributed by atoms with Crippen molar-refractivity contribution in [3.05, 3.63) is 108 Å². The fraction of sp³-hybridized carbons (Fsp3) is 0.344. The molecule has 7 heteroatoms. The summed E-state index contributed by atoms with van der Waals surface area (Å²) in [6.45, 7) is 8.83. The average Bonchev–Trinajstić information content (AvgIpc) is 2.95. The van der Waals surface area contributed by atoms with Crippen LogP contribution in [-0.2, 0) is 6.42 Å². The van der Waals surface area contributed by atoms with E-state index in [9.17, 15) is 8.78 Å². The van der Waals surface area contributed by atoms with E-state index in [0.717, 1.165) is 64.9 Å². The Morgan fingerprint density at radius 3 is 2.59 bits per heavy atom. The van der Waals surface area contributed by atoms with Gasteiger partial charge in [0.15, 0.2) is 0 Å². The number of hydrogen-bond acceptors (Lipinski definition) is 5. The van der Waals surface area contributed by atoms with Gasteiger partial charge in [0.05, 0.1) is 6.04 Å². The SMILES string of the molecule is C=C/C(=C\C=C(\F)CF)Cc1cccnc1NC(C)c1cc(/C(=C/N)C/C=C\CN(C)CC)ccc1N(C)C. The van der Waals surface area contributed by atoms with E-state index < -0.39 is 12.5 Å². The predicted octanol–water partition coefficient (Wildman–Crippen LogP) is 7.00. The fourth-order valence-corrected chi connectivity index (χ4v) is 4.04. The fourth-order valence-electron chi connectivity index (χ4n) is 4.04. The Hall–Kier alpha value is -3.71. The van der Waals surface area contributed by atoms with Gasteiger partial charge in [-0.2, -0.15) is 0 Å². The molecule has 1 heterocycles. The molecular formula is C32H43F2N5. The maximum atomic E-state index is 13.3. The topological polar surface area (TPSA) is 57.4 Å². The third kappa shape index (κ3) is 9.84. The number of nitrogens with one attached hydrogen (secondary N) is 1. The highest BCUT2D eigenvalue weighted by Gasteiger charge is 2.16. The van der Waals surface area contributed by atoms with Crippen molar-refractivity contribution in [1.82, 2.24) is 9.88 Å². The van der Waals surface area contributed by atoms with Gasteiger partial charge in [-0.25, -0.2) is 13.8 Å². The second-order valence-corrected chi connectivity index (χ2v) is 9.64. The first kappa shape index (κ1) is 31.5. The van der Waals surface area contributed by atoms with Gasteiger partial charge < -0.3 is 20.9 Å². The number of hydrogen-bond donors (Lipinski definition) is 2. The number of nitrogens with zero attached hydrogens (tertiary/aromatic N) is 3. The van der Waals surface area contributed by atoms with E-state index in [1.54, 1.807) is 24.5 Å². The lowest BCUT2D eigenvalue weighted by Crippen LogP contribution is -2.17. The summed E-state index contributed by atoms with van der Waals surface area (Å²) in [6.07, 6.45) is 13.3. The molecule has 0 aliphatic rings. The quantitative estimate of drug-likeness (QED) is 0.190. The van der Waals surface area contributed by atoms with Crippen molar-refractivity contribution in [2.75, 3.05) is 51.1 Å². The second-order valence-electron chi connectivity index (χ2n) is 9.64. The zero-order chi connectivity index (χ0) is 28.8. The number of allylic oxidation sites excluding steroid dienone is 7. The molecule has 0 spiro atoms. The van der Waals surface area contributed by atoms with E-state index in [0.29, 0.717) is 6.42 Å². The Morgan fingerprint density at radius 2 is 1.95 bits per heavy atom. The lowest BCUT2D eigenvalue weighted by molar-refractivity contribution is 0.392. The number of nitrogens with two attached hydrogens (primary N) is 1. The Morgan fingerprint density at radius 1 is 1.18 bits per heavy atom. The van der Waals surface area contributed by atoms with E-state index in [1.165, 1.54) is 0 Å². The van der Waals surface area contributed by atoms with Gasteiger partial charge in [-0.15, -0.1) is 0 Å². The molecular weight excluding hydrogens is 492 g/mol. The molecule has 0 radical (unpaired) electrons. The van der Waals surface area contributed by atoms with Gasteiger partial charge in [-0.1, -0.05) is 49.9 Å². The summed E-state index contributed by atoms with van der Waals surface area (Å²) in [5.41, 5.74) is 12.1. The molecule has 0 saturated heterocycles. The van der Waals surface area contributed by atoms with Crippen LogP contribution in [0.15, 0.2) is 91.1 Å². The van der Waals surface area contributed by atoms with Crippen LogP contribution in [0.4, 0.5) is 20.3 Å². The minimum absolute atomic E-state index is 0.0798. The lowest BCUT2D eigenvalue weighted by Gasteiger charge is -2.25. The van der Waals surface area contributed by atoms with Gasteiger partial charge in [0.25, 0.3) is 0 Å². The first-order valence-corrected chi connectivity index (χ1v) is 13.2. The predicted molar refractivity (Wildman–Crippen MR) is 163 cm³/mol. The highest BCUT2D eigenvalue weighted by atomic mass is 19.2. The standard InChI is InChI=1S/C32H43F2N5/c1-7-25(14-16-29(34)22-33)20-27-13-11-18-36-32(27)37-24(3)30-21-26(15-17-31(30)38(4)5)28(23-35)12-9-10-19-39(6)8-2/h7,9-11,13-18,21,23-24H,1,8,12,19-20,22,35H2,2-6H3,(H,36,37)/b10-9-,25-14+,28-23+,29-16+. The van der Waals surface area contributed by atoms with Crippen LogP contribution < -0.4 is 16.0 Å². The van der Waals surface area contributed by atoms with Crippen LogP contribution in [0, 0.1) is 0 Å². The van der Waals surface area contributed by atoms with Crippen molar-refractivity contribution >= 4 is 17.1 Å². The molecule has 0 aliphatic heterocycles. The number of anilines is 2. The Labute approximate surface area is 233 Å². The van der Waals surface area contributed by atoms with Crippen LogP contribution in [0.2, 0.25) is 0 Å². The first-order valence-electron chi connectivity index (χ1n) is 13.2. The van der Waals surface area contributed by atoms with Crippen LogP contribution >= 0.6 is 0 Å². The first-order chi connectivity index (χ1) is 18.7. The van der Waals surface area contributed by atoms with Crippen LogP contribution in [0.25, 0.3) is 5.57 Å². The molecule has 210 valence electrons. The number of aromatic nitrogens is 1. The Balaban J connectivity index is 2.34. The third-order valence-corrected chi connectivity index (χ3v) is 6.52. The molecule has 0 amide bonds. The molecule has 1 aromatic carbocycles. The molecule has 2 aromatic rings. The van der Waals surface area contributed by atoms with Gasteiger partial charge in [0.2, 0.25) is 0 Å². The number of halogens is 2. The minimum Gasteiger partial charge on any atom is -0.404 e. The maximum absolute atomic E-state index is 13.3. The van der Waals surface area contributed by atoms with Gasteiger partial charge >= 0.3 is 0 Å². The normalized spacial score (nSPS) is 13.7. The van der Waals surface area contributed by atoms with Crippen molar-refractivity contribution < 1.29 is 8.78 Å². The van der Waals surface area contributed by atoms with Gasteiger partial charge in [-0.3, -0.25) is 0 Å². The number of benzene rings is 1. The summed E-state index contributed by atoms with van der Waals surface area (Å²) in [5.74, 6) is -0.0985. The van der Waals surface area contributed by atoms with E-state index >= 15 is 0 Å². The third-order valence-electron chi connectivity index (χ3n) is 6.52. The van der Waals surface area contributed by atoms with Crippen LogP contribution in [0.3, 0.4) is 0 Å².